The van der Waals surface area contributed by atoms with Crippen LogP contribution in [0.1, 0.15) is 30.5 Å². The van der Waals surface area contributed by atoms with Crippen molar-refractivity contribution in [2.45, 2.75) is 25.8 Å². The molecule has 1 aromatic carbocycles. The standard InChI is InChI=1S/C16H19ClN2/c1-2-9-19-16(14-4-3-10-18-12-14)11-13-5-7-15(17)8-6-13/h3-8,10,12,16,19H,2,9,11H2,1H3. The monoisotopic (exact) mass is 274 g/mol. The summed E-state index contributed by atoms with van der Waals surface area (Å²) >= 11 is 5.92. The Bertz CT molecular complexity index is 482. The van der Waals surface area contributed by atoms with Crippen LogP contribution >= 0.6 is 11.6 Å². The van der Waals surface area contributed by atoms with E-state index in [2.05, 4.69) is 35.4 Å². The normalized spacial score (nSPS) is 12.3. The second-order valence-corrected chi connectivity index (χ2v) is 5.06. The predicted molar refractivity (Wildman–Crippen MR) is 80.4 cm³/mol. The van der Waals surface area contributed by atoms with Crippen molar-refractivity contribution in [2.75, 3.05) is 6.54 Å². The summed E-state index contributed by atoms with van der Waals surface area (Å²) in [7, 11) is 0. The third kappa shape index (κ3) is 4.34. The van der Waals surface area contributed by atoms with Crippen molar-refractivity contribution in [1.29, 1.82) is 0 Å². The van der Waals surface area contributed by atoms with E-state index in [1.807, 2.05) is 30.6 Å². The van der Waals surface area contributed by atoms with Crippen LogP contribution in [-0.4, -0.2) is 11.5 Å². The van der Waals surface area contributed by atoms with Crippen LogP contribution in [0.3, 0.4) is 0 Å². The Labute approximate surface area is 119 Å². The molecule has 2 rings (SSSR count). The molecule has 0 aliphatic carbocycles. The van der Waals surface area contributed by atoms with E-state index in [4.69, 9.17) is 11.6 Å². The molecule has 3 heteroatoms. The molecule has 100 valence electrons. The molecule has 1 aromatic heterocycles. The van der Waals surface area contributed by atoms with E-state index in [-0.39, 0.29) is 0 Å². The number of rotatable bonds is 6. The first-order valence-corrected chi connectivity index (χ1v) is 7.05. The Morgan fingerprint density at radius 2 is 2.00 bits per heavy atom. The molecule has 0 aliphatic rings. The quantitative estimate of drug-likeness (QED) is 0.861. The van der Waals surface area contributed by atoms with E-state index in [0.717, 1.165) is 24.4 Å². The van der Waals surface area contributed by atoms with Gasteiger partial charge in [-0.2, -0.15) is 0 Å². The highest BCUT2D eigenvalue weighted by atomic mass is 35.5. The van der Waals surface area contributed by atoms with Gasteiger partial charge in [0.15, 0.2) is 0 Å². The maximum atomic E-state index is 5.92. The summed E-state index contributed by atoms with van der Waals surface area (Å²) in [5.74, 6) is 0. The Hall–Kier alpha value is -1.38. The fourth-order valence-corrected chi connectivity index (χ4v) is 2.19. The van der Waals surface area contributed by atoms with Gasteiger partial charge in [-0.15, -0.1) is 0 Å². The van der Waals surface area contributed by atoms with Gasteiger partial charge >= 0.3 is 0 Å². The fraction of sp³-hybridized carbons (Fsp3) is 0.312. The van der Waals surface area contributed by atoms with Crippen LogP contribution in [-0.2, 0) is 6.42 Å². The summed E-state index contributed by atoms with van der Waals surface area (Å²) in [6.07, 6.45) is 5.81. The molecule has 1 unspecified atom stereocenters. The largest absolute Gasteiger partial charge is 0.310 e. The summed E-state index contributed by atoms with van der Waals surface area (Å²) in [5.41, 5.74) is 2.51. The van der Waals surface area contributed by atoms with Gasteiger partial charge in [0.25, 0.3) is 0 Å². The number of aromatic nitrogens is 1. The Morgan fingerprint density at radius 1 is 1.21 bits per heavy atom. The number of hydrogen-bond donors (Lipinski definition) is 1. The van der Waals surface area contributed by atoms with Crippen LogP contribution < -0.4 is 5.32 Å². The molecule has 0 saturated carbocycles. The molecular weight excluding hydrogens is 256 g/mol. The Balaban J connectivity index is 2.11. The Morgan fingerprint density at radius 3 is 2.63 bits per heavy atom. The molecule has 0 fully saturated rings. The van der Waals surface area contributed by atoms with Crippen molar-refractivity contribution in [3.8, 4) is 0 Å². The molecule has 0 amide bonds. The SMILES string of the molecule is CCCNC(Cc1ccc(Cl)cc1)c1cccnc1. The summed E-state index contributed by atoms with van der Waals surface area (Å²) in [4.78, 5) is 4.21. The molecule has 1 heterocycles. The van der Waals surface area contributed by atoms with E-state index >= 15 is 0 Å². The van der Waals surface area contributed by atoms with E-state index in [1.165, 1.54) is 11.1 Å². The van der Waals surface area contributed by atoms with Crippen LogP contribution in [0.2, 0.25) is 5.02 Å². The van der Waals surface area contributed by atoms with Crippen LogP contribution in [0.4, 0.5) is 0 Å². The van der Waals surface area contributed by atoms with Crippen molar-refractivity contribution in [3.63, 3.8) is 0 Å². The minimum absolute atomic E-state index is 0.301. The van der Waals surface area contributed by atoms with Crippen molar-refractivity contribution in [2.24, 2.45) is 0 Å². The highest BCUT2D eigenvalue weighted by Gasteiger charge is 2.11. The lowest BCUT2D eigenvalue weighted by molar-refractivity contribution is 0.528. The summed E-state index contributed by atoms with van der Waals surface area (Å²) in [5, 5.41) is 4.36. The molecule has 19 heavy (non-hydrogen) atoms. The van der Waals surface area contributed by atoms with Crippen molar-refractivity contribution in [3.05, 3.63) is 64.9 Å². The fourth-order valence-electron chi connectivity index (χ4n) is 2.06. The van der Waals surface area contributed by atoms with Crippen LogP contribution in [0.25, 0.3) is 0 Å². The van der Waals surface area contributed by atoms with E-state index in [0.29, 0.717) is 6.04 Å². The smallest absolute Gasteiger partial charge is 0.0406 e. The highest BCUT2D eigenvalue weighted by Crippen LogP contribution is 2.19. The summed E-state index contributed by atoms with van der Waals surface area (Å²) in [6, 6.07) is 12.5. The molecule has 0 radical (unpaired) electrons. The third-order valence-electron chi connectivity index (χ3n) is 3.08. The molecule has 0 spiro atoms. The number of nitrogens with one attached hydrogen (secondary N) is 1. The minimum Gasteiger partial charge on any atom is -0.310 e. The second kappa shape index (κ2) is 7.27. The predicted octanol–water partition coefficient (Wildman–Crippen LogP) is 4.02. The maximum absolute atomic E-state index is 5.92. The molecule has 2 aromatic rings. The number of nitrogens with zero attached hydrogens (tertiary/aromatic N) is 1. The first-order valence-electron chi connectivity index (χ1n) is 6.67. The molecular formula is C16H19ClN2. The first-order chi connectivity index (χ1) is 9.29. The van der Waals surface area contributed by atoms with Gasteiger partial charge in [0.2, 0.25) is 0 Å². The minimum atomic E-state index is 0.301. The second-order valence-electron chi connectivity index (χ2n) is 4.62. The lowest BCUT2D eigenvalue weighted by Gasteiger charge is -2.18. The molecule has 1 N–H and O–H groups in total. The van der Waals surface area contributed by atoms with Crippen LogP contribution in [0.15, 0.2) is 48.8 Å². The summed E-state index contributed by atoms with van der Waals surface area (Å²) in [6.45, 7) is 3.18. The van der Waals surface area contributed by atoms with Gasteiger partial charge < -0.3 is 5.32 Å². The van der Waals surface area contributed by atoms with Gasteiger partial charge in [-0.25, -0.2) is 0 Å². The molecule has 0 aliphatic heterocycles. The highest BCUT2D eigenvalue weighted by molar-refractivity contribution is 6.30. The number of pyridine rings is 1. The van der Waals surface area contributed by atoms with Crippen LogP contribution in [0, 0.1) is 0 Å². The van der Waals surface area contributed by atoms with Gasteiger partial charge in [-0.1, -0.05) is 36.7 Å². The molecule has 0 saturated heterocycles. The zero-order valence-electron chi connectivity index (χ0n) is 11.1. The average Bonchev–Trinajstić information content (AvgIpc) is 2.46. The van der Waals surface area contributed by atoms with Gasteiger partial charge in [0.1, 0.15) is 0 Å². The number of benzene rings is 1. The van der Waals surface area contributed by atoms with Crippen molar-refractivity contribution < 1.29 is 0 Å². The average molecular weight is 275 g/mol. The first kappa shape index (κ1) is 14.0. The third-order valence-corrected chi connectivity index (χ3v) is 3.33. The zero-order chi connectivity index (χ0) is 13.5. The number of halogens is 1. The topological polar surface area (TPSA) is 24.9 Å². The van der Waals surface area contributed by atoms with Crippen LogP contribution in [0.5, 0.6) is 0 Å². The van der Waals surface area contributed by atoms with E-state index in [1.54, 1.807) is 0 Å². The van der Waals surface area contributed by atoms with E-state index < -0.39 is 0 Å². The van der Waals surface area contributed by atoms with E-state index in [9.17, 15) is 0 Å². The lowest BCUT2D eigenvalue weighted by Crippen LogP contribution is -2.24. The lowest BCUT2D eigenvalue weighted by atomic mass is 10.00. The van der Waals surface area contributed by atoms with Crippen molar-refractivity contribution >= 4 is 11.6 Å². The molecule has 0 bridgehead atoms. The van der Waals surface area contributed by atoms with Gasteiger partial charge in [-0.3, -0.25) is 4.98 Å². The molecule has 2 nitrogen and oxygen atoms in total. The maximum Gasteiger partial charge on any atom is 0.0406 e. The Kier molecular flexibility index (Phi) is 5.37. The van der Waals surface area contributed by atoms with Gasteiger partial charge in [0.05, 0.1) is 0 Å². The van der Waals surface area contributed by atoms with Gasteiger partial charge in [0, 0.05) is 23.5 Å². The molecule has 1 atom stereocenters. The summed E-state index contributed by atoms with van der Waals surface area (Å²) < 4.78 is 0. The van der Waals surface area contributed by atoms with Crippen molar-refractivity contribution in [1.82, 2.24) is 10.3 Å². The number of hydrogen-bond acceptors (Lipinski definition) is 2. The zero-order valence-corrected chi connectivity index (χ0v) is 11.9. The van der Waals surface area contributed by atoms with Gasteiger partial charge in [-0.05, 0) is 48.7 Å².